The normalized spacial score (nSPS) is 19.3. The zero-order valence-electron chi connectivity index (χ0n) is 23.5. The van der Waals surface area contributed by atoms with Gasteiger partial charge in [0.15, 0.2) is 11.2 Å². The Morgan fingerprint density at radius 3 is 2.35 bits per heavy atom. The summed E-state index contributed by atoms with van der Waals surface area (Å²) in [4.78, 5) is 19.1. The standard InChI is InChI=1S/C27H43N5O4S/c1-26(2,3)24-28-22-18-21(8-9-23(22)32(24)19-20-10-16-35-17-11-20)29(7)37(34)31-14-12-30(13-15-31)25(33)36-27(4,5)6/h8-9,18,20H,10-17,19H2,1-7H3. The molecule has 2 aliphatic rings. The molecule has 0 aliphatic carbocycles. The fourth-order valence-electron chi connectivity index (χ4n) is 4.88. The lowest BCUT2D eigenvalue weighted by atomic mass is 9.94. The summed E-state index contributed by atoms with van der Waals surface area (Å²) in [7, 11) is 1.85. The van der Waals surface area contributed by atoms with E-state index >= 15 is 0 Å². The van der Waals surface area contributed by atoms with Crippen molar-refractivity contribution in [1.82, 2.24) is 18.8 Å². The number of hydrogen-bond donors (Lipinski definition) is 0. The van der Waals surface area contributed by atoms with Crippen molar-refractivity contribution in [3.8, 4) is 0 Å². The topological polar surface area (TPSA) is 80.1 Å². The van der Waals surface area contributed by atoms with Gasteiger partial charge in [0.2, 0.25) is 0 Å². The Bertz CT molecular complexity index is 1120. The molecule has 1 atom stereocenters. The second kappa shape index (κ2) is 10.9. The van der Waals surface area contributed by atoms with Crippen molar-refractivity contribution < 1.29 is 18.5 Å². The highest BCUT2D eigenvalue weighted by molar-refractivity contribution is 7.84. The van der Waals surface area contributed by atoms with Crippen LogP contribution in [0.15, 0.2) is 18.2 Å². The van der Waals surface area contributed by atoms with Gasteiger partial charge in [-0.1, -0.05) is 20.8 Å². The molecule has 0 radical (unpaired) electrons. The molecule has 2 aliphatic heterocycles. The van der Waals surface area contributed by atoms with Gasteiger partial charge in [-0.3, -0.25) is 4.31 Å². The lowest BCUT2D eigenvalue weighted by Crippen LogP contribution is -2.52. The summed E-state index contributed by atoms with van der Waals surface area (Å²) in [6.45, 7) is 16.8. The van der Waals surface area contributed by atoms with Crippen LogP contribution >= 0.6 is 0 Å². The summed E-state index contributed by atoms with van der Waals surface area (Å²) in [5.41, 5.74) is 2.28. The van der Waals surface area contributed by atoms with Gasteiger partial charge in [-0.2, -0.15) is 0 Å². The average molecular weight is 534 g/mol. The second-order valence-corrected chi connectivity index (χ2v) is 13.7. The second-order valence-electron chi connectivity index (χ2n) is 12.1. The van der Waals surface area contributed by atoms with Crippen LogP contribution in [-0.2, 0) is 32.6 Å². The fraction of sp³-hybridized carbons (Fsp3) is 0.704. The number of benzene rings is 1. The van der Waals surface area contributed by atoms with E-state index in [0.717, 1.165) is 55.1 Å². The van der Waals surface area contributed by atoms with Crippen molar-refractivity contribution in [2.45, 2.75) is 71.9 Å². The first-order valence-corrected chi connectivity index (χ1v) is 14.4. The molecule has 37 heavy (non-hydrogen) atoms. The molecule has 2 fully saturated rings. The zero-order chi connectivity index (χ0) is 27.0. The maximum Gasteiger partial charge on any atom is 0.410 e. The molecule has 1 aromatic heterocycles. The molecule has 1 aromatic carbocycles. The molecule has 0 saturated carbocycles. The Hall–Kier alpha value is -2.17. The Kier molecular flexibility index (Phi) is 8.21. The molecule has 0 N–H and O–H groups in total. The number of hydrogen-bond acceptors (Lipinski definition) is 5. The summed E-state index contributed by atoms with van der Waals surface area (Å²) >= 11 is -1.37. The lowest BCUT2D eigenvalue weighted by molar-refractivity contribution is 0.0195. The van der Waals surface area contributed by atoms with Crippen LogP contribution in [0.5, 0.6) is 0 Å². The molecular formula is C27H43N5O4S. The van der Waals surface area contributed by atoms with Crippen molar-refractivity contribution in [2.75, 3.05) is 50.7 Å². The first-order chi connectivity index (χ1) is 17.3. The third-order valence-electron chi connectivity index (χ3n) is 6.89. The van der Waals surface area contributed by atoms with Crippen LogP contribution in [0.1, 0.15) is 60.2 Å². The Morgan fingerprint density at radius 2 is 1.76 bits per heavy atom. The Balaban J connectivity index is 1.48. The summed E-state index contributed by atoms with van der Waals surface area (Å²) in [6, 6.07) is 6.19. The number of aromatic nitrogens is 2. The van der Waals surface area contributed by atoms with Gasteiger partial charge in [-0.25, -0.2) is 18.3 Å². The van der Waals surface area contributed by atoms with E-state index in [1.807, 2.05) is 44.3 Å². The highest BCUT2D eigenvalue weighted by Gasteiger charge is 2.30. The molecule has 1 unspecified atom stereocenters. The molecule has 206 valence electrons. The van der Waals surface area contributed by atoms with Gasteiger partial charge in [0.1, 0.15) is 11.4 Å². The minimum atomic E-state index is -1.37. The number of carbonyl (C=O) groups is 1. The van der Waals surface area contributed by atoms with Gasteiger partial charge in [-0.15, -0.1) is 0 Å². The van der Waals surface area contributed by atoms with E-state index in [-0.39, 0.29) is 11.5 Å². The third kappa shape index (κ3) is 6.64. The average Bonchev–Trinajstić information content (AvgIpc) is 3.21. The van der Waals surface area contributed by atoms with Gasteiger partial charge < -0.3 is 18.9 Å². The number of carbonyl (C=O) groups excluding carboxylic acids is 1. The maximum atomic E-state index is 13.4. The van der Waals surface area contributed by atoms with Crippen LogP contribution in [0.2, 0.25) is 0 Å². The smallest absolute Gasteiger partial charge is 0.410 e. The molecule has 0 spiro atoms. The van der Waals surface area contributed by atoms with E-state index in [1.54, 1.807) is 9.21 Å². The summed E-state index contributed by atoms with van der Waals surface area (Å²) < 4.78 is 30.5. The van der Waals surface area contributed by atoms with E-state index in [1.165, 1.54) is 0 Å². The summed E-state index contributed by atoms with van der Waals surface area (Å²) in [5.74, 6) is 1.66. The molecule has 1 amide bonds. The van der Waals surface area contributed by atoms with E-state index < -0.39 is 16.8 Å². The van der Waals surface area contributed by atoms with Crippen LogP contribution < -0.4 is 4.31 Å². The first kappa shape index (κ1) is 27.9. The predicted octanol–water partition coefficient (Wildman–Crippen LogP) is 4.33. The van der Waals surface area contributed by atoms with Crippen molar-refractivity contribution in [3.63, 3.8) is 0 Å². The minimum absolute atomic E-state index is 0.0904. The van der Waals surface area contributed by atoms with Gasteiger partial charge in [0.25, 0.3) is 0 Å². The molecule has 2 aromatic rings. The van der Waals surface area contributed by atoms with Crippen molar-refractivity contribution in [2.24, 2.45) is 5.92 Å². The van der Waals surface area contributed by atoms with Gasteiger partial charge in [-0.05, 0) is 57.7 Å². The lowest BCUT2D eigenvalue weighted by Gasteiger charge is -2.36. The number of ether oxygens (including phenoxy) is 2. The Labute approximate surface area is 223 Å². The number of amides is 1. The molecular weight excluding hydrogens is 490 g/mol. The zero-order valence-corrected chi connectivity index (χ0v) is 24.3. The number of nitrogens with zero attached hydrogens (tertiary/aromatic N) is 5. The molecule has 3 heterocycles. The molecule has 2 saturated heterocycles. The maximum absolute atomic E-state index is 13.4. The molecule has 4 rings (SSSR count). The highest BCUT2D eigenvalue weighted by Crippen LogP contribution is 2.31. The van der Waals surface area contributed by atoms with Crippen LogP contribution in [0.4, 0.5) is 10.5 Å². The van der Waals surface area contributed by atoms with Crippen molar-refractivity contribution in [3.05, 3.63) is 24.0 Å². The highest BCUT2D eigenvalue weighted by atomic mass is 32.2. The first-order valence-electron chi connectivity index (χ1n) is 13.3. The van der Waals surface area contributed by atoms with E-state index in [9.17, 15) is 9.00 Å². The Morgan fingerprint density at radius 1 is 1.11 bits per heavy atom. The van der Waals surface area contributed by atoms with Gasteiger partial charge in [0.05, 0.1) is 16.7 Å². The van der Waals surface area contributed by atoms with Crippen molar-refractivity contribution >= 4 is 34.0 Å². The summed E-state index contributed by atoms with van der Waals surface area (Å²) in [6.07, 6.45) is 1.83. The third-order valence-corrected chi connectivity index (χ3v) is 8.38. The fourth-order valence-corrected chi connectivity index (χ4v) is 5.99. The number of rotatable bonds is 5. The quantitative estimate of drug-likeness (QED) is 0.572. The number of anilines is 1. The largest absolute Gasteiger partial charge is 0.444 e. The van der Waals surface area contributed by atoms with E-state index in [2.05, 4.69) is 31.4 Å². The number of fused-ring (bicyclic) bond motifs is 1. The molecule has 0 bridgehead atoms. The van der Waals surface area contributed by atoms with Crippen LogP contribution in [0.3, 0.4) is 0 Å². The minimum Gasteiger partial charge on any atom is -0.444 e. The van der Waals surface area contributed by atoms with Crippen LogP contribution in [-0.4, -0.2) is 81.1 Å². The predicted molar refractivity (Wildman–Crippen MR) is 148 cm³/mol. The van der Waals surface area contributed by atoms with E-state index in [0.29, 0.717) is 32.1 Å². The molecule has 10 heteroatoms. The SMILES string of the molecule is CN(c1ccc2c(c1)nc(C(C)(C)C)n2CC1CCOCC1)S(=O)N1CCN(C(=O)OC(C)(C)C)CC1. The van der Waals surface area contributed by atoms with Gasteiger partial charge in [0, 0.05) is 58.4 Å². The monoisotopic (exact) mass is 533 g/mol. The van der Waals surface area contributed by atoms with Gasteiger partial charge >= 0.3 is 6.09 Å². The summed E-state index contributed by atoms with van der Waals surface area (Å²) in [5, 5.41) is 0. The number of imidazole rings is 1. The van der Waals surface area contributed by atoms with Crippen molar-refractivity contribution in [1.29, 1.82) is 0 Å². The van der Waals surface area contributed by atoms with Crippen LogP contribution in [0, 0.1) is 5.92 Å². The molecule has 9 nitrogen and oxygen atoms in total. The van der Waals surface area contributed by atoms with E-state index in [4.69, 9.17) is 14.5 Å². The number of piperazine rings is 1. The van der Waals surface area contributed by atoms with Crippen LogP contribution in [0.25, 0.3) is 11.0 Å².